The van der Waals surface area contributed by atoms with Gasteiger partial charge in [0.25, 0.3) is 0 Å². The van der Waals surface area contributed by atoms with Gasteiger partial charge in [-0.1, -0.05) is 30.3 Å². The zero-order valence-corrected chi connectivity index (χ0v) is 11.1. The van der Waals surface area contributed by atoms with Crippen LogP contribution in [0, 0.1) is 0 Å². The highest BCUT2D eigenvalue weighted by atomic mass is 16.5. The van der Waals surface area contributed by atoms with Gasteiger partial charge in [0, 0.05) is 17.5 Å². The molecule has 3 heteroatoms. The lowest BCUT2D eigenvalue weighted by Crippen LogP contribution is -2.04. The summed E-state index contributed by atoms with van der Waals surface area (Å²) >= 11 is 0. The Morgan fingerprint density at radius 2 is 1.95 bits per heavy atom. The maximum atomic E-state index is 11.3. The number of carbonyl (C=O) groups is 1. The highest BCUT2D eigenvalue weighted by Crippen LogP contribution is 2.19. The molecule has 2 rings (SSSR count). The number of carbonyl (C=O) groups excluding carboxylic acids is 1. The third-order valence-electron chi connectivity index (χ3n) is 2.71. The number of esters is 1. The van der Waals surface area contributed by atoms with Gasteiger partial charge in [0.05, 0.1) is 6.61 Å². The zero-order valence-electron chi connectivity index (χ0n) is 11.1. The average molecular weight is 255 g/mol. The number of anilines is 1. The summed E-state index contributed by atoms with van der Waals surface area (Å²) in [5.41, 5.74) is 1.71. The Labute approximate surface area is 112 Å². The average Bonchev–Trinajstić information content (AvgIpc) is 2.38. The Morgan fingerprint density at radius 3 is 2.68 bits per heavy atom. The number of rotatable bonds is 4. The maximum Gasteiger partial charge on any atom is 0.332 e. The Morgan fingerprint density at radius 1 is 1.21 bits per heavy atom. The van der Waals surface area contributed by atoms with E-state index in [0.29, 0.717) is 6.61 Å². The van der Waals surface area contributed by atoms with Gasteiger partial charge in [-0.15, -0.1) is 0 Å². The van der Waals surface area contributed by atoms with E-state index in [1.165, 1.54) is 11.5 Å². The first-order valence-electron chi connectivity index (χ1n) is 6.30. The largest absolute Gasteiger partial charge is 0.463 e. The molecule has 0 radical (unpaired) electrons. The standard InChI is InChI=1S/C16H17NO2/c1-3-19-16(18)10-12(2)17-15-9-8-13-6-4-5-7-14(13)11-15/h4-11,17H,3H2,1-2H3/b12-10-. The molecule has 0 saturated heterocycles. The van der Waals surface area contributed by atoms with Crippen LogP contribution in [0.2, 0.25) is 0 Å². The monoisotopic (exact) mass is 255 g/mol. The van der Waals surface area contributed by atoms with E-state index in [4.69, 9.17) is 4.74 Å². The molecule has 1 N–H and O–H groups in total. The lowest BCUT2D eigenvalue weighted by Gasteiger charge is -2.08. The van der Waals surface area contributed by atoms with Crippen LogP contribution in [0.4, 0.5) is 5.69 Å². The molecule has 0 atom stereocenters. The lowest BCUT2D eigenvalue weighted by molar-refractivity contribution is -0.137. The molecule has 2 aromatic carbocycles. The van der Waals surface area contributed by atoms with E-state index in [0.717, 1.165) is 16.8 Å². The summed E-state index contributed by atoms with van der Waals surface area (Å²) in [7, 11) is 0. The molecule has 0 aliphatic carbocycles. The second kappa shape index (κ2) is 6.05. The van der Waals surface area contributed by atoms with Crippen molar-refractivity contribution in [1.82, 2.24) is 0 Å². The van der Waals surface area contributed by atoms with E-state index < -0.39 is 0 Å². The Bertz CT molecular complexity index is 617. The van der Waals surface area contributed by atoms with Crippen molar-refractivity contribution in [3.8, 4) is 0 Å². The minimum atomic E-state index is -0.326. The van der Waals surface area contributed by atoms with Crippen molar-refractivity contribution in [3.63, 3.8) is 0 Å². The molecule has 0 aromatic heterocycles. The zero-order chi connectivity index (χ0) is 13.7. The van der Waals surface area contributed by atoms with Crippen LogP contribution in [0.15, 0.2) is 54.2 Å². The Hall–Kier alpha value is -2.29. The van der Waals surface area contributed by atoms with Crippen molar-refractivity contribution in [2.24, 2.45) is 0 Å². The summed E-state index contributed by atoms with van der Waals surface area (Å²) in [6.45, 7) is 4.02. The number of fused-ring (bicyclic) bond motifs is 1. The second-order valence-corrected chi connectivity index (χ2v) is 4.27. The molecular weight excluding hydrogens is 238 g/mol. The van der Waals surface area contributed by atoms with E-state index in [1.807, 2.05) is 25.1 Å². The first-order valence-corrected chi connectivity index (χ1v) is 6.30. The minimum Gasteiger partial charge on any atom is -0.463 e. The highest BCUT2D eigenvalue weighted by molar-refractivity contribution is 5.87. The molecule has 0 unspecified atom stereocenters. The summed E-state index contributed by atoms with van der Waals surface area (Å²) in [6, 6.07) is 14.2. The predicted octanol–water partition coefficient (Wildman–Crippen LogP) is 3.72. The van der Waals surface area contributed by atoms with Gasteiger partial charge in [0.1, 0.15) is 0 Å². The molecule has 2 aromatic rings. The van der Waals surface area contributed by atoms with Gasteiger partial charge in [-0.3, -0.25) is 0 Å². The van der Waals surface area contributed by atoms with Crippen LogP contribution in [0.3, 0.4) is 0 Å². The Kier molecular flexibility index (Phi) is 4.18. The summed E-state index contributed by atoms with van der Waals surface area (Å²) in [4.78, 5) is 11.3. The number of benzene rings is 2. The van der Waals surface area contributed by atoms with Crippen LogP contribution in [0.1, 0.15) is 13.8 Å². The highest BCUT2D eigenvalue weighted by Gasteiger charge is 2.00. The molecule has 3 nitrogen and oxygen atoms in total. The molecule has 19 heavy (non-hydrogen) atoms. The SMILES string of the molecule is CCOC(=O)/C=C(/C)Nc1ccc2ccccc2c1. The van der Waals surface area contributed by atoms with Gasteiger partial charge in [-0.2, -0.15) is 0 Å². The third kappa shape index (κ3) is 3.58. The van der Waals surface area contributed by atoms with E-state index in [1.54, 1.807) is 6.92 Å². The van der Waals surface area contributed by atoms with Crippen LogP contribution in [0.5, 0.6) is 0 Å². The minimum absolute atomic E-state index is 0.326. The summed E-state index contributed by atoms with van der Waals surface area (Å²) in [6.07, 6.45) is 1.46. The predicted molar refractivity (Wildman–Crippen MR) is 78.0 cm³/mol. The van der Waals surface area contributed by atoms with Crippen LogP contribution in [-0.4, -0.2) is 12.6 Å². The van der Waals surface area contributed by atoms with Crippen molar-refractivity contribution >= 4 is 22.4 Å². The van der Waals surface area contributed by atoms with Gasteiger partial charge < -0.3 is 10.1 Å². The van der Waals surface area contributed by atoms with E-state index in [2.05, 4.69) is 29.6 Å². The second-order valence-electron chi connectivity index (χ2n) is 4.27. The van der Waals surface area contributed by atoms with Gasteiger partial charge in [0.2, 0.25) is 0 Å². The molecule has 0 bridgehead atoms. The van der Waals surface area contributed by atoms with Gasteiger partial charge in [-0.05, 0) is 36.8 Å². The van der Waals surface area contributed by atoms with Crippen LogP contribution >= 0.6 is 0 Å². The fourth-order valence-electron chi connectivity index (χ4n) is 1.89. The lowest BCUT2D eigenvalue weighted by atomic mass is 10.1. The fourth-order valence-corrected chi connectivity index (χ4v) is 1.89. The van der Waals surface area contributed by atoms with Crippen molar-refractivity contribution in [3.05, 3.63) is 54.2 Å². The quantitative estimate of drug-likeness (QED) is 0.668. The molecule has 0 fully saturated rings. The summed E-state index contributed by atoms with van der Waals surface area (Å²) in [5.74, 6) is -0.326. The van der Waals surface area contributed by atoms with Crippen LogP contribution in [0.25, 0.3) is 10.8 Å². The third-order valence-corrected chi connectivity index (χ3v) is 2.71. The van der Waals surface area contributed by atoms with Crippen molar-refractivity contribution < 1.29 is 9.53 Å². The van der Waals surface area contributed by atoms with Crippen molar-refractivity contribution in [2.45, 2.75) is 13.8 Å². The number of nitrogens with one attached hydrogen (secondary N) is 1. The normalized spacial score (nSPS) is 11.4. The molecular formula is C16H17NO2. The molecule has 0 amide bonds. The van der Waals surface area contributed by atoms with Crippen molar-refractivity contribution in [1.29, 1.82) is 0 Å². The molecule has 0 saturated carbocycles. The Balaban J connectivity index is 2.14. The van der Waals surface area contributed by atoms with E-state index in [-0.39, 0.29) is 5.97 Å². The van der Waals surface area contributed by atoms with Gasteiger partial charge in [0.15, 0.2) is 0 Å². The van der Waals surface area contributed by atoms with Crippen LogP contribution in [-0.2, 0) is 9.53 Å². The van der Waals surface area contributed by atoms with E-state index >= 15 is 0 Å². The molecule has 0 aliphatic rings. The smallest absolute Gasteiger partial charge is 0.332 e. The first-order chi connectivity index (χ1) is 9.19. The van der Waals surface area contributed by atoms with Crippen molar-refractivity contribution in [2.75, 3.05) is 11.9 Å². The molecule has 98 valence electrons. The number of hydrogen-bond donors (Lipinski definition) is 1. The maximum absolute atomic E-state index is 11.3. The first kappa shape index (κ1) is 13.1. The van der Waals surface area contributed by atoms with E-state index in [9.17, 15) is 4.79 Å². The molecule has 0 spiro atoms. The van der Waals surface area contributed by atoms with Gasteiger partial charge in [-0.25, -0.2) is 4.79 Å². The molecule has 0 aliphatic heterocycles. The summed E-state index contributed by atoms with van der Waals surface area (Å²) in [5, 5.41) is 5.54. The van der Waals surface area contributed by atoms with Crippen LogP contribution < -0.4 is 5.32 Å². The number of allylic oxidation sites excluding steroid dienone is 1. The number of hydrogen-bond acceptors (Lipinski definition) is 3. The van der Waals surface area contributed by atoms with Gasteiger partial charge >= 0.3 is 5.97 Å². The summed E-state index contributed by atoms with van der Waals surface area (Å²) < 4.78 is 4.87. The topological polar surface area (TPSA) is 38.3 Å². The molecule has 0 heterocycles. The fraction of sp³-hybridized carbons (Fsp3) is 0.188. The number of ether oxygens (including phenoxy) is 1.